The highest BCUT2D eigenvalue weighted by atomic mass is 31.2. The fourth-order valence-electron chi connectivity index (χ4n) is 8.36. The summed E-state index contributed by atoms with van der Waals surface area (Å²) in [5.74, 6) is -0.599. The average molecular weight is 977 g/mol. The Morgan fingerprint density at radius 1 is 0.775 bits per heavy atom. The number of phosphoric acid groups is 1. The lowest BCUT2D eigenvalue weighted by molar-refractivity contribution is -0.384. The Labute approximate surface area is 406 Å². The van der Waals surface area contributed by atoms with Crippen LogP contribution in [0.3, 0.4) is 0 Å². The van der Waals surface area contributed by atoms with Crippen molar-refractivity contribution >= 4 is 42.4 Å². The number of carbonyl (C=O) groups excluding carboxylic acids is 2. The van der Waals surface area contributed by atoms with Gasteiger partial charge in [0.1, 0.15) is 23.8 Å². The number of benzene rings is 6. The minimum Gasteiger partial charge on any atom is -0.497 e. The zero-order valence-electron chi connectivity index (χ0n) is 37.9. The number of anilines is 1. The number of aromatic nitrogens is 4. The Morgan fingerprint density at radius 3 is 1.97 bits per heavy atom. The Morgan fingerprint density at radius 2 is 1.37 bits per heavy atom. The third-order valence-electron chi connectivity index (χ3n) is 11.8. The fourth-order valence-corrected chi connectivity index (χ4v) is 9.28. The lowest BCUT2D eigenvalue weighted by Gasteiger charge is -2.37. The van der Waals surface area contributed by atoms with Crippen molar-refractivity contribution in [3.63, 3.8) is 0 Å². The van der Waals surface area contributed by atoms with Gasteiger partial charge in [0.05, 0.1) is 37.1 Å². The maximum Gasteiger partial charge on any atom is 0.472 e. The summed E-state index contributed by atoms with van der Waals surface area (Å²) >= 11 is 0. The number of rotatable bonds is 19. The van der Waals surface area contributed by atoms with E-state index in [0.29, 0.717) is 22.4 Å². The first-order chi connectivity index (χ1) is 34.5. The number of hydrogen-bond donors (Lipinski definition) is 2. The van der Waals surface area contributed by atoms with E-state index in [-0.39, 0.29) is 47.9 Å². The van der Waals surface area contributed by atoms with Crippen molar-refractivity contribution in [3.05, 3.63) is 226 Å². The van der Waals surface area contributed by atoms with Gasteiger partial charge in [-0.25, -0.2) is 24.3 Å². The van der Waals surface area contributed by atoms with Gasteiger partial charge >= 0.3 is 13.8 Å². The summed E-state index contributed by atoms with van der Waals surface area (Å²) in [6.45, 7) is -0.676. The maximum absolute atomic E-state index is 14.2. The Bertz CT molecular complexity index is 3110. The molecule has 2 N–H and O–H groups in total. The van der Waals surface area contributed by atoms with Gasteiger partial charge in [0, 0.05) is 17.7 Å². The van der Waals surface area contributed by atoms with E-state index in [0.717, 1.165) is 11.1 Å². The number of nitrogens with zero attached hydrogens (tertiary/aromatic N) is 5. The van der Waals surface area contributed by atoms with Gasteiger partial charge in [0.25, 0.3) is 11.6 Å². The number of non-ortho nitro benzene ring substituents is 1. The van der Waals surface area contributed by atoms with Crippen molar-refractivity contribution in [3.8, 4) is 5.75 Å². The number of hydrogen-bond acceptors (Lipinski definition) is 14. The summed E-state index contributed by atoms with van der Waals surface area (Å²) in [6.07, 6.45) is -3.19. The van der Waals surface area contributed by atoms with Crippen LogP contribution in [-0.4, -0.2) is 79.8 Å². The minimum absolute atomic E-state index is 0.0578. The highest BCUT2D eigenvalue weighted by Crippen LogP contribution is 2.51. The molecule has 5 atom stereocenters. The summed E-state index contributed by atoms with van der Waals surface area (Å²) in [5.41, 5.74) is 2.09. The standard InChI is InChI=1S/C52H45N6O12P/c1-65-42-28-24-40(25-29-42)52(38-18-10-4-11-19-38,39-20-12-5-13-21-39)66-32-43-45(69-51(60)37-16-8-3-9-17-37)46(70-71(63,64)67-31-30-35-22-26-41(27-23-35)58(61)62)50(68-43)57-34-55-44-47(53-33-54-48(44)57)56-49(59)36-14-6-2-7-15-36/h2-29,33-34,43,45-46,50H,30-32H2,1H3,(H,63,64)(H,53,54,56,59)/t43-,45-,46-,50-/m1/s1. The molecule has 2 aromatic heterocycles. The van der Waals surface area contributed by atoms with Crippen LogP contribution < -0.4 is 10.1 Å². The summed E-state index contributed by atoms with van der Waals surface area (Å²) in [4.78, 5) is 63.1. The zero-order valence-corrected chi connectivity index (χ0v) is 38.8. The van der Waals surface area contributed by atoms with Crippen molar-refractivity contribution in [2.24, 2.45) is 0 Å². The number of methoxy groups -OCH3 is 1. The molecule has 18 nitrogen and oxygen atoms in total. The normalized spacial score (nSPS) is 17.5. The molecule has 0 aliphatic carbocycles. The van der Waals surface area contributed by atoms with Crippen LogP contribution in [0.5, 0.6) is 5.75 Å². The Balaban J connectivity index is 1.12. The molecule has 1 fully saturated rings. The van der Waals surface area contributed by atoms with Crippen LogP contribution in [0.4, 0.5) is 11.5 Å². The second kappa shape index (κ2) is 21.4. The highest BCUT2D eigenvalue weighted by Gasteiger charge is 2.53. The summed E-state index contributed by atoms with van der Waals surface area (Å²) in [6, 6.07) is 48.8. The number of amides is 1. The van der Waals surface area contributed by atoms with Crippen LogP contribution in [0.25, 0.3) is 11.2 Å². The molecule has 0 saturated carbocycles. The fraction of sp³-hybridized carbons (Fsp3) is 0.173. The van der Waals surface area contributed by atoms with Crippen LogP contribution in [0.1, 0.15) is 49.2 Å². The Hall–Kier alpha value is -7.96. The van der Waals surface area contributed by atoms with Crippen molar-refractivity contribution in [2.75, 3.05) is 25.6 Å². The summed E-state index contributed by atoms with van der Waals surface area (Å²) in [7, 11) is -3.53. The van der Waals surface area contributed by atoms with Gasteiger partial charge in [-0.05, 0) is 65.1 Å². The van der Waals surface area contributed by atoms with E-state index < -0.39 is 54.8 Å². The topological polar surface area (TPSA) is 226 Å². The molecule has 9 rings (SSSR count). The monoisotopic (exact) mass is 976 g/mol. The minimum atomic E-state index is -5.10. The number of phosphoric ester groups is 1. The number of esters is 1. The number of imidazole rings is 1. The SMILES string of the molecule is COc1ccc(C(OC[C@H]2O[C@@H](n3cnc4c(NC(=O)c5ccccc5)ncnc43)[C@H](OP(=O)(O)OCCc3ccc([N+](=O)[O-])cc3)[C@@H]2OC(=O)c2ccccc2)(c2ccccc2)c2ccccc2)cc1. The van der Waals surface area contributed by atoms with Crippen molar-refractivity contribution in [1.82, 2.24) is 19.5 Å². The number of ether oxygens (including phenoxy) is 4. The van der Waals surface area contributed by atoms with Crippen LogP contribution >= 0.6 is 7.82 Å². The van der Waals surface area contributed by atoms with Crippen molar-refractivity contribution < 1.29 is 52.0 Å². The van der Waals surface area contributed by atoms with E-state index in [2.05, 4.69) is 20.3 Å². The summed E-state index contributed by atoms with van der Waals surface area (Å²) in [5, 5.41) is 14.0. The quantitative estimate of drug-likeness (QED) is 0.0254. The lowest BCUT2D eigenvalue weighted by atomic mass is 9.80. The average Bonchev–Trinajstić information content (AvgIpc) is 3.98. The first-order valence-corrected chi connectivity index (χ1v) is 23.8. The molecular formula is C52H45N6O12P. The molecule has 1 saturated heterocycles. The number of carbonyl (C=O) groups is 2. The highest BCUT2D eigenvalue weighted by molar-refractivity contribution is 7.47. The number of fused-ring (bicyclic) bond motifs is 1. The van der Waals surface area contributed by atoms with E-state index in [9.17, 15) is 29.2 Å². The molecule has 1 aliphatic heterocycles. The number of nitro groups is 1. The molecule has 0 radical (unpaired) electrons. The maximum atomic E-state index is 14.2. The third-order valence-corrected chi connectivity index (χ3v) is 12.8. The smallest absolute Gasteiger partial charge is 0.472 e. The third kappa shape index (κ3) is 10.6. The first kappa shape index (κ1) is 48.1. The van der Waals surface area contributed by atoms with Crippen LogP contribution in [0, 0.1) is 10.1 Å². The predicted octanol–water partition coefficient (Wildman–Crippen LogP) is 8.87. The Kier molecular flexibility index (Phi) is 14.5. The van der Waals surface area contributed by atoms with Crippen LogP contribution in [0.15, 0.2) is 183 Å². The molecule has 71 heavy (non-hydrogen) atoms. The lowest BCUT2D eigenvalue weighted by Crippen LogP contribution is -2.42. The second-order valence-corrected chi connectivity index (χ2v) is 17.6. The molecule has 1 unspecified atom stereocenters. The van der Waals surface area contributed by atoms with E-state index in [1.807, 2.05) is 84.9 Å². The van der Waals surface area contributed by atoms with E-state index in [1.54, 1.807) is 67.8 Å². The zero-order chi connectivity index (χ0) is 49.4. The molecule has 8 aromatic rings. The van der Waals surface area contributed by atoms with Crippen LogP contribution in [-0.2, 0) is 39.8 Å². The van der Waals surface area contributed by atoms with Crippen molar-refractivity contribution in [2.45, 2.75) is 36.6 Å². The van der Waals surface area contributed by atoms with Crippen LogP contribution in [0.2, 0.25) is 0 Å². The van der Waals surface area contributed by atoms with Gasteiger partial charge in [-0.3, -0.25) is 28.5 Å². The van der Waals surface area contributed by atoms with Crippen molar-refractivity contribution in [1.29, 1.82) is 0 Å². The molecule has 1 aliphatic rings. The molecular weight excluding hydrogens is 932 g/mol. The van der Waals surface area contributed by atoms with Gasteiger partial charge in [-0.1, -0.05) is 121 Å². The molecule has 3 heterocycles. The number of nitro benzene ring substituents is 1. The molecule has 360 valence electrons. The second-order valence-electron chi connectivity index (χ2n) is 16.2. The molecule has 0 spiro atoms. The van der Waals surface area contributed by atoms with Gasteiger partial charge in [0.15, 0.2) is 35.4 Å². The van der Waals surface area contributed by atoms with E-state index >= 15 is 0 Å². The molecule has 19 heteroatoms. The first-order valence-electron chi connectivity index (χ1n) is 22.3. The van der Waals surface area contributed by atoms with E-state index in [1.165, 1.54) is 41.5 Å². The van der Waals surface area contributed by atoms with Gasteiger partial charge in [-0.15, -0.1) is 0 Å². The molecule has 6 aromatic carbocycles. The largest absolute Gasteiger partial charge is 0.497 e. The van der Waals surface area contributed by atoms with E-state index in [4.69, 9.17) is 28.0 Å². The number of nitrogens with one attached hydrogen (secondary N) is 1. The van der Waals surface area contributed by atoms with Gasteiger partial charge in [0.2, 0.25) is 0 Å². The van der Waals surface area contributed by atoms with Gasteiger partial charge in [-0.2, -0.15) is 0 Å². The van der Waals surface area contributed by atoms with Gasteiger partial charge < -0.3 is 29.2 Å². The predicted molar refractivity (Wildman–Crippen MR) is 258 cm³/mol. The molecule has 0 bridgehead atoms. The summed E-state index contributed by atoms with van der Waals surface area (Å²) < 4.78 is 53.1. The molecule has 1 amide bonds.